The van der Waals surface area contributed by atoms with E-state index in [2.05, 4.69) is 6.92 Å². The van der Waals surface area contributed by atoms with Crippen LogP contribution in [0.25, 0.3) is 22.6 Å². The first-order valence-electron chi connectivity index (χ1n) is 15.7. The predicted octanol–water partition coefficient (Wildman–Crippen LogP) is 5.56. The molecule has 2 fully saturated rings. The summed E-state index contributed by atoms with van der Waals surface area (Å²) in [5, 5.41) is 0.629. The van der Waals surface area contributed by atoms with Crippen LogP contribution in [0, 0.1) is 12.8 Å². The molecule has 1 aliphatic carbocycles. The Morgan fingerprint density at radius 1 is 1.00 bits per heavy atom. The maximum Gasteiger partial charge on any atom is 0.332 e. The summed E-state index contributed by atoms with van der Waals surface area (Å²) in [6.45, 7) is 8.04. The van der Waals surface area contributed by atoms with Gasteiger partial charge in [-0.25, -0.2) is 14.8 Å². The first kappa shape index (κ1) is 30.6. The van der Waals surface area contributed by atoms with Crippen LogP contribution in [0.5, 0.6) is 5.88 Å². The average Bonchev–Trinajstić information content (AvgIpc) is 3.39. The molecule has 3 aromatic heterocycles. The number of halogens is 1. The van der Waals surface area contributed by atoms with E-state index in [4.69, 9.17) is 35.8 Å². The third-order valence-corrected chi connectivity index (χ3v) is 9.02. The van der Waals surface area contributed by atoms with Crippen LogP contribution in [-0.2, 0) is 29.1 Å². The fraction of sp³-hybridized carbons (Fsp3) is 0.515. The number of aryl methyl sites for hydroxylation is 2. The van der Waals surface area contributed by atoms with Gasteiger partial charge in [0.05, 0.1) is 12.3 Å². The number of fused-ring (bicyclic) bond motifs is 1. The molecule has 11 heteroatoms. The Hall–Kier alpha value is -3.47. The zero-order valence-corrected chi connectivity index (χ0v) is 26.4. The molecule has 6 rings (SSSR count). The van der Waals surface area contributed by atoms with Gasteiger partial charge in [0.15, 0.2) is 17.5 Å². The fourth-order valence-electron chi connectivity index (χ4n) is 5.99. The Labute approximate surface area is 261 Å². The normalized spacial score (nSPS) is 20.1. The zero-order valence-electron chi connectivity index (χ0n) is 25.6. The van der Waals surface area contributed by atoms with Gasteiger partial charge in [-0.2, -0.15) is 0 Å². The van der Waals surface area contributed by atoms with E-state index < -0.39 is 0 Å². The smallest absolute Gasteiger partial charge is 0.332 e. The SMILES string of the molecule is CCn1c(=O)n(CCCOC2CCCCO2)c(=O)c2c1nc(-c1ccc(OC3CCC3C)nc1C)n2Cc1ccc(Cl)cc1. The summed E-state index contributed by atoms with van der Waals surface area (Å²) >= 11 is 6.18. The summed E-state index contributed by atoms with van der Waals surface area (Å²) in [6, 6.07) is 11.3. The van der Waals surface area contributed by atoms with Crippen molar-refractivity contribution in [3.63, 3.8) is 0 Å². The molecule has 4 aromatic rings. The van der Waals surface area contributed by atoms with Crippen LogP contribution in [0.4, 0.5) is 0 Å². The van der Waals surface area contributed by atoms with Crippen molar-refractivity contribution in [1.82, 2.24) is 23.7 Å². The van der Waals surface area contributed by atoms with Crippen molar-refractivity contribution in [1.29, 1.82) is 0 Å². The van der Waals surface area contributed by atoms with Gasteiger partial charge in [-0.05, 0) is 82.1 Å². The van der Waals surface area contributed by atoms with Crippen molar-refractivity contribution in [3.8, 4) is 17.3 Å². The van der Waals surface area contributed by atoms with Gasteiger partial charge in [0.2, 0.25) is 5.88 Å². The number of hydrogen-bond donors (Lipinski definition) is 0. The summed E-state index contributed by atoms with van der Waals surface area (Å²) in [4.78, 5) is 37.4. The van der Waals surface area contributed by atoms with Gasteiger partial charge < -0.3 is 18.8 Å². The van der Waals surface area contributed by atoms with Crippen LogP contribution in [0.2, 0.25) is 5.02 Å². The van der Waals surface area contributed by atoms with Crippen molar-refractivity contribution in [2.75, 3.05) is 13.2 Å². The molecule has 0 N–H and O–H groups in total. The molecule has 0 bridgehead atoms. The molecule has 2 aliphatic rings. The third kappa shape index (κ3) is 6.20. The number of rotatable bonds is 11. The Bertz CT molecular complexity index is 1740. The molecule has 1 saturated heterocycles. The van der Waals surface area contributed by atoms with Crippen LogP contribution in [0.1, 0.15) is 63.6 Å². The average molecular weight is 622 g/mol. The van der Waals surface area contributed by atoms with Gasteiger partial charge >= 0.3 is 5.69 Å². The third-order valence-electron chi connectivity index (χ3n) is 8.77. The lowest BCUT2D eigenvalue weighted by atomic mass is 9.84. The minimum absolute atomic E-state index is 0.181. The molecular weight excluding hydrogens is 582 g/mol. The van der Waals surface area contributed by atoms with Gasteiger partial charge in [-0.15, -0.1) is 0 Å². The Balaban J connectivity index is 1.40. The van der Waals surface area contributed by atoms with Gasteiger partial charge in [-0.3, -0.25) is 13.9 Å². The number of ether oxygens (including phenoxy) is 3. The summed E-state index contributed by atoms with van der Waals surface area (Å²) < 4.78 is 22.4. The molecule has 1 saturated carbocycles. The lowest BCUT2D eigenvalue weighted by molar-refractivity contribution is -0.163. The fourth-order valence-corrected chi connectivity index (χ4v) is 6.12. The van der Waals surface area contributed by atoms with Crippen LogP contribution in [0.15, 0.2) is 46.0 Å². The number of nitrogens with zero attached hydrogens (tertiary/aromatic N) is 5. The molecule has 10 nitrogen and oxygen atoms in total. The number of imidazole rings is 1. The molecule has 1 aliphatic heterocycles. The highest BCUT2D eigenvalue weighted by Crippen LogP contribution is 2.32. The van der Waals surface area contributed by atoms with Gasteiger partial charge in [-0.1, -0.05) is 30.7 Å². The molecule has 4 heterocycles. The second-order valence-corrected chi connectivity index (χ2v) is 12.3. The van der Waals surface area contributed by atoms with Gasteiger partial charge in [0.1, 0.15) is 11.9 Å². The van der Waals surface area contributed by atoms with Crippen molar-refractivity contribution in [2.24, 2.45) is 5.92 Å². The van der Waals surface area contributed by atoms with Crippen LogP contribution in [-0.4, -0.2) is 49.3 Å². The van der Waals surface area contributed by atoms with Crippen LogP contribution >= 0.6 is 11.6 Å². The van der Waals surface area contributed by atoms with E-state index in [-0.39, 0.29) is 30.2 Å². The standard InChI is InChI=1S/C33H40ClN5O5/c1-4-37-31-29(32(40)38(33(37)41)17-7-19-43-28-8-5-6-18-42-28)39(20-23-10-12-24(34)13-11-23)30(36-31)25-14-16-27(35-22(25)3)44-26-15-9-21(26)2/h10-14,16,21,26,28H,4-9,15,17-20H2,1-3H3. The minimum atomic E-state index is -0.380. The Kier molecular flexibility index (Phi) is 9.21. The van der Waals surface area contributed by atoms with E-state index in [1.807, 2.05) is 54.8 Å². The summed E-state index contributed by atoms with van der Waals surface area (Å²) in [6.07, 6.45) is 5.65. The lowest BCUT2D eigenvalue weighted by Crippen LogP contribution is -2.40. The molecule has 1 aromatic carbocycles. The highest BCUT2D eigenvalue weighted by atomic mass is 35.5. The first-order chi connectivity index (χ1) is 21.3. The molecule has 234 valence electrons. The number of aromatic nitrogens is 5. The van der Waals surface area contributed by atoms with Crippen molar-refractivity contribution in [3.05, 3.63) is 73.5 Å². The maximum absolute atomic E-state index is 14.1. The molecule has 0 amide bonds. The number of hydrogen-bond acceptors (Lipinski definition) is 7. The van der Waals surface area contributed by atoms with Crippen LogP contribution < -0.4 is 16.0 Å². The monoisotopic (exact) mass is 621 g/mol. The second kappa shape index (κ2) is 13.3. The van der Waals surface area contributed by atoms with E-state index in [1.165, 1.54) is 4.57 Å². The van der Waals surface area contributed by atoms with E-state index in [9.17, 15) is 9.59 Å². The van der Waals surface area contributed by atoms with Crippen molar-refractivity contribution < 1.29 is 14.2 Å². The largest absolute Gasteiger partial charge is 0.474 e. The minimum Gasteiger partial charge on any atom is -0.474 e. The summed E-state index contributed by atoms with van der Waals surface area (Å²) in [5.74, 6) is 1.66. The lowest BCUT2D eigenvalue weighted by Gasteiger charge is -2.33. The highest BCUT2D eigenvalue weighted by molar-refractivity contribution is 6.30. The molecule has 0 radical (unpaired) electrons. The summed E-state index contributed by atoms with van der Waals surface area (Å²) in [5.41, 5.74) is 2.42. The zero-order chi connectivity index (χ0) is 30.8. The maximum atomic E-state index is 14.1. The quantitative estimate of drug-likeness (QED) is 0.202. The molecule has 44 heavy (non-hydrogen) atoms. The van der Waals surface area contributed by atoms with E-state index in [1.54, 1.807) is 4.57 Å². The predicted molar refractivity (Wildman–Crippen MR) is 169 cm³/mol. The Morgan fingerprint density at radius 2 is 1.82 bits per heavy atom. The van der Waals surface area contributed by atoms with E-state index >= 15 is 0 Å². The topological polar surface area (TPSA) is 102 Å². The highest BCUT2D eigenvalue weighted by Gasteiger charge is 2.29. The molecular formula is C33H40ClN5O5. The first-order valence-corrected chi connectivity index (χ1v) is 16.1. The van der Waals surface area contributed by atoms with Crippen molar-refractivity contribution >= 4 is 22.8 Å². The summed E-state index contributed by atoms with van der Waals surface area (Å²) in [7, 11) is 0. The van der Waals surface area contributed by atoms with Gasteiger partial charge in [0.25, 0.3) is 5.56 Å². The molecule has 0 spiro atoms. The van der Waals surface area contributed by atoms with Crippen LogP contribution in [0.3, 0.4) is 0 Å². The second-order valence-electron chi connectivity index (χ2n) is 11.8. The van der Waals surface area contributed by atoms with E-state index in [0.29, 0.717) is 66.5 Å². The number of pyridine rings is 1. The van der Waals surface area contributed by atoms with E-state index in [0.717, 1.165) is 48.9 Å². The number of benzene rings is 1. The molecule has 3 unspecified atom stereocenters. The Morgan fingerprint density at radius 3 is 2.48 bits per heavy atom. The van der Waals surface area contributed by atoms with Crippen molar-refractivity contribution in [2.45, 2.75) is 91.3 Å². The van der Waals surface area contributed by atoms with Gasteiger partial charge in [0, 0.05) is 42.9 Å². The molecule has 3 atom stereocenters.